The Morgan fingerprint density at radius 2 is 2.22 bits per heavy atom. The van der Waals surface area contributed by atoms with Crippen LogP contribution in [0.2, 0.25) is 0 Å². The molecule has 1 saturated heterocycles. The third-order valence-corrected chi connectivity index (χ3v) is 4.80. The van der Waals surface area contributed by atoms with Crippen LogP contribution in [0.25, 0.3) is 0 Å². The van der Waals surface area contributed by atoms with Gasteiger partial charge in [0, 0.05) is 16.6 Å². The summed E-state index contributed by atoms with van der Waals surface area (Å²) in [6.45, 7) is 4.90. The van der Waals surface area contributed by atoms with Gasteiger partial charge >= 0.3 is 0 Å². The van der Waals surface area contributed by atoms with Gasteiger partial charge in [-0.3, -0.25) is 0 Å². The molecule has 0 radical (unpaired) electrons. The van der Waals surface area contributed by atoms with Crippen LogP contribution in [0, 0.1) is 13.8 Å². The van der Waals surface area contributed by atoms with E-state index in [0.29, 0.717) is 0 Å². The Morgan fingerprint density at radius 3 is 2.78 bits per heavy atom. The molecule has 2 nitrogen and oxygen atoms in total. The predicted molar refractivity (Wildman–Crippen MR) is 77.7 cm³/mol. The second-order valence-electron chi connectivity index (χ2n) is 4.70. The van der Waals surface area contributed by atoms with E-state index >= 15 is 0 Å². The highest BCUT2D eigenvalue weighted by Crippen LogP contribution is 2.42. The van der Waals surface area contributed by atoms with Gasteiger partial charge in [0.2, 0.25) is 0 Å². The number of ether oxygens (including phenoxy) is 2. The maximum atomic E-state index is 6.62. The highest BCUT2D eigenvalue weighted by Gasteiger charge is 2.30. The fourth-order valence-corrected chi connectivity index (χ4v) is 3.52. The number of halogens is 2. The quantitative estimate of drug-likeness (QED) is 0.756. The maximum absolute atomic E-state index is 6.62. The van der Waals surface area contributed by atoms with Gasteiger partial charge in [0.15, 0.2) is 0 Å². The number of rotatable bonds is 3. The molecule has 18 heavy (non-hydrogen) atoms. The van der Waals surface area contributed by atoms with Gasteiger partial charge in [0.1, 0.15) is 5.75 Å². The van der Waals surface area contributed by atoms with E-state index in [4.69, 9.17) is 21.1 Å². The zero-order valence-electron chi connectivity index (χ0n) is 10.9. The van der Waals surface area contributed by atoms with Crippen LogP contribution in [0.15, 0.2) is 10.5 Å². The van der Waals surface area contributed by atoms with Crippen LogP contribution in [0.1, 0.15) is 34.9 Å². The van der Waals surface area contributed by atoms with E-state index in [1.54, 1.807) is 7.11 Å². The molecule has 1 aliphatic rings. The van der Waals surface area contributed by atoms with Crippen molar-refractivity contribution in [1.82, 2.24) is 0 Å². The Morgan fingerprint density at radius 1 is 1.50 bits per heavy atom. The Labute approximate surface area is 122 Å². The van der Waals surface area contributed by atoms with Crippen LogP contribution in [0.3, 0.4) is 0 Å². The minimum Gasteiger partial charge on any atom is -0.496 e. The first-order valence-electron chi connectivity index (χ1n) is 6.15. The van der Waals surface area contributed by atoms with E-state index < -0.39 is 0 Å². The predicted octanol–water partition coefficient (Wildman–Crippen LogP) is 4.53. The number of methoxy groups -OCH3 is 1. The Bertz CT molecular complexity index is 442. The van der Waals surface area contributed by atoms with Crippen LogP contribution >= 0.6 is 27.5 Å². The molecule has 100 valence electrons. The molecule has 0 N–H and O–H groups in total. The number of benzene rings is 1. The summed E-state index contributed by atoms with van der Waals surface area (Å²) in [5.74, 6) is 0.881. The third kappa shape index (κ3) is 2.54. The largest absolute Gasteiger partial charge is 0.496 e. The molecule has 0 amide bonds. The molecule has 1 heterocycles. The van der Waals surface area contributed by atoms with Gasteiger partial charge < -0.3 is 9.47 Å². The summed E-state index contributed by atoms with van der Waals surface area (Å²) < 4.78 is 12.3. The van der Waals surface area contributed by atoms with Gasteiger partial charge in [0.25, 0.3) is 0 Å². The van der Waals surface area contributed by atoms with Crippen molar-refractivity contribution in [2.45, 2.75) is 38.2 Å². The summed E-state index contributed by atoms with van der Waals surface area (Å²) in [6, 6.07) is 2.07. The van der Waals surface area contributed by atoms with Crippen LogP contribution in [0.5, 0.6) is 5.75 Å². The molecule has 1 aromatic rings. The smallest absolute Gasteiger partial charge is 0.126 e. The van der Waals surface area contributed by atoms with E-state index in [9.17, 15) is 0 Å². The van der Waals surface area contributed by atoms with Crippen LogP contribution in [-0.4, -0.2) is 19.8 Å². The highest BCUT2D eigenvalue weighted by molar-refractivity contribution is 9.10. The van der Waals surface area contributed by atoms with Crippen molar-refractivity contribution in [3.63, 3.8) is 0 Å². The SMILES string of the molecule is COc1c(C)cc(Br)c(C)c1C(Cl)C1CCCO1. The van der Waals surface area contributed by atoms with E-state index in [1.807, 2.05) is 6.92 Å². The average molecular weight is 334 g/mol. The minimum absolute atomic E-state index is 0.0907. The van der Waals surface area contributed by atoms with E-state index in [-0.39, 0.29) is 11.5 Å². The standard InChI is InChI=1S/C14H18BrClO2/c1-8-7-10(15)9(2)12(14(8)17-3)13(16)11-5-4-6-18-11/h7,11,13H,4-6H2,1-3H3. The van der Waals surface area contributed by atoms with Crippen molar-refractivity contribution < 1.29 is 9.47 Å². The van der Waals surface area contributed by atoms with Gasteiger partial charge in [-0.05, 0) is 43.9 Å². The zero-order chi connectivity index (χ0) is 13.3. The lowest BCUT2D eigenvalue weighted by Gasteiger charge is -2.23. The van der Waals surface area contributed by atoms with E-state index in [1.165, 1.54) is 0 Å². The number of hydrogen-bond acceptors (Lipinski definition) is 2. The first kappa shape index (κ1) is 14.2. The Hall–Kier alpha value is -0.250. The van der Waals surface area contributed by atoms with Gasteiger partial charge in [-0.15, -0.1) is 11.6 Å². The van der Waals surface area contributed by atoms with Crippen molar-refractivity contribution >= 4 is 27.5 Å². The van der Waals surface area contributed by atoms with Crippen LogP contribution in [-0.2, 0) is 4.74 Å². The van der Waals surface area contributed by atoms with Gasteiger partial charge in [0.05, 0.1) is 18.6 Å². The summed E-state index contributed by atoms with van der Waals surface area (Å²) >= 11 is 10.2. The molecule has 0 saturated carbocycles. The molecule has 0 aromatic heterocycles. The summed E-state index contributed by atoms with van der Waals surface area (Å²) in [7, 11) is 1.69. The fraction of sp³-hybridized carbons (Fsp3) is 0.571. The lowest BCUT2D eigenvalue weighted by Crippen LogP contribution is -2.15. The molecule has 2 unspecified atom stereocenters. The summed E-state index contributed by atoms with van der Waals surface area (Å²) in [4.78, 5) is 0. The molecule has 2 atom stereocenters. The molecule has 0 bridgehead atoms. The summed E-state index contributed by atoms with van der Waals surface area (Å²) in [5, 5.41) is -0.154. The zero-order valence-corrected chi connectivity index (χ0v) is 13.3. The number of alkyl halides is 1. The van der Waals surface area contributed by atoms with E-state index in [2.05, 4.69) is 28.9 Å². The Balaban J connectivity index is 2.46. The second-order valence-corrected chi connectivity index (χ2v) is 6.02. The van der Waals surface area contributed by atoms with Crippen molar-refractivity contribution in [1.29, 1.82) is 0 Å². The molecule has 0 spiro atoms. The maximum Gasteiger partial charge on any atom is 0.126 e. The first-order chi connectivity index (χ1) is 8.56. The lowest BCUT2D eigenvalue weighted by atomic mass is 9.97. The average Bonchev–Trinajstić information content (AvgIpc) is 2.86. The summed E-state index contributed by atoms with van der Waals surface area (Å²) in [6.07, 6.45) is 2.19. The molecule has 1 fully saturated rings. The lowest BCUT2D eigenvalue weighted by molar-refractivity contribution is 0.107. The number of hydrogen-bond donors (Lipinski definition) is 0. The molecule has 1 aromatic carbocycles. The molecular formula is C14H18BrClO2. The van der Waals surface area contributed by atoms with Gasteiger partial charge in [-0.25, -0.2) is 0 Å². The molecule has 2 rings (SSSR count). The van der Waals surface area contributed by atoms with Crippen molar-refractivity contribution in [2.75, 3.05) is 13.7 Å². The van der Waals surface area contributed by atoms with Gasteiger partial charge in [-0.2, -0.15) is 0 Å². The van der Waals surface area contributed by atoms with Crippen molar-refractivity contribution in [3.8, 4) is 5.75 Å². The second kappa shape index (κ2) is 5.81. The minimum atomic E-state index is -0.154. The van der Waals surface area contributed by atoms with Crippen molar-refractivity contribution in [3.05, 3.63) is 27.2 Å². The Kier molecular flexibility index (Phi) is 4.57. The van der Waals surface area contributed by atoms with Crippen molar-refractivity contribution in [2.24, 2.45) is 0 Å². The highest BCUT2D eigenvalue weighted by atomic mass is 79.9. The van der Waals surface area contributed by atoms with Crippen LogP contribution < -0.4 is 4.74 Å². The number of aryl methyl sites for hydroxylation is 1. The summed E-state index contributed by atoms with van der Waals surface area (Å²) in [5.41, 5.74) is 3.28. The third-order valence-electron chi connectivity index (χ3n) is 3.48. The fourth-order valence-electron chi connectivity index (χ4n) is 2.50. The van der Waals surface area contributed by atoms with E-state index in [0.717, 1.165) is 46.4 Å². The monoisotopic (exact) mass is 332 g/mol. The van der Waals surface area contributed by atoms with Gasteiger partial charge in [-0.1, -0.05) is 15.9 Å². The normalized spacial score (nSPS) is 21.1. The molecule has 1 aliphatic heterocycles. The molecule has 4 heteroatoms. The topological polar surface area (TPSA) is 18.5 Å². The molecular weight excluding hydrogens is 316 g/mol. The molecule has 0 aliphatic carbocycles. The first-order valence-corrected chi connectivity index (χ1v) is 7.38. The van der Waals surface area contributed by atoms with Crippen LogP contribution in [0.4, 0.5) is 0 Å².